The van der Waals surface area contributed by atoms with Gasteiger partial charge in [-0.15, -0.1) is 0 Å². The smallest absolute Gasteiger partial charge is 0.124 e. The number of hydrogen-bond acceptors (Lipinski definition) is 2. The van der Waals surface area contributed by atoms with Crippen LogP contribution in [-0.2, 0) is 7.05 Å². The van der Waals surface area contributed by atoms with Crippen molar-refractivity contribution in [3.05, 3.63) is 12.3 Å². The highest BCUT2D eigenvalue weighted by Gasteiger charge is 2.28. The predicted octanol–water partition coefficient (Wildman–Crippen LogP) is 1.63. The Hall–Kier alpha value is -0.990. The van der Waals surface area contributed by atoms with E-state index in [1.54, 1.807) is 0 Å². The second-order valence-corrected chi connectivity index (χ2v) is 3.61. The minimum atomic E-state index is 0.598. The van der Waals surface area contributed by atoms with Crippen LogP contribution in [0.5, 0.6) is 0 Å². The number of hydrogen-bond donors (Lipinski definition) is 1. The van der Waals surface area contributed by atoms with Crippen molar-refractivity contribution in [2.45, 2.75) is 25.8 Å². The van der Waals surface area contributed by atoms with Crippen LogP contribution >= 0.6 is 0 Å². The van der Waals surface area contributed by atoms with Gasteiger partial charge >= 0.3 is 0 Å². The van der Waals surface area contributed by atoms with Crippen molar-refractivity contribution in [2.75, 3.05) is 5.32 Å². The predicted molar refractivity (Wildman–Crippen MR) is 49.0 cm³/mol. The van der Waals surface area contributed by atoms with Gasteiger partial charge in [-0.05, 0) is 25.7 Å². The molecule has 0 aromatic carbocycles. The van der Waals surface area contributed by atoms with E-state index in [9.17, 15) is 0 Å². The molecule has 66 valence electrons. The molecule has 1 aromatic heterocycles. The lowest BCUT2D eigenvalue weighted by molar-refractivity contribution is 0.671. The topological polar surface area (TPSA) is 29.9 Å². The molecule has 0 bridgehead atoms. The quantitative estimate of drug-likeness (QED) is 0.737. The molecule has 0 aliphatic heterocycles. The Morgan fingerprint density at radius 1 is 1.67 bits per heavy atom. The molecule has 2 rings (SSSR count). The Labute approximate surface area is 72.8 Å². The lowest BCUT2D eigenvalue weighted by Crippen LogP contribution is -2.19. The van der Waals surface area contributed by atoms with Gasteiger partial charge in [0, 0.05) is 19.2 Å². The fourth-order valence-electron chi connectivity index (χ4n) is 1.46. The third-order valence-electron chi connectivity index (χ3n) is 2.53. The van der Waals surface area contributed by atoms with Crippen molar-refractivity contribution in [3.8, 4) is 0 Å². The maximum absolute atomic E-state index is 4.10. The van der Waals surface area contributed by atoms with Gasteiger partial charge in [-0.3, -0.25) is 4.68 Å². The average molecular weight is 165 g/mol. The third-order valence-corrected chi connectivity index (χ3v) is 2.53. The van der Waals surface area contributed by atoms with Gasteiger partial charge in [-0.2, -0.15) is 5.10 Å². The summed E-state index contributed by atoms with van der Waals surface area (Å²) in [5, 5.41) is 7.56. The van der Waals surface area contributed by atoms with E-state index in [0.29, 0.717) is 6.04 Å². The number of nitrogens with one attached hydrogen (secondary N) is 1. The molecule has 0 spiro atoms. The summed E-state index contributed by atoms with van der Waals surface area (Å²) in [6.07, 6.45) is 4.58. The van der Waals surface area contributed by atoms with Crippen molar-refractivity contribution in [1.29, 1.82) is 0 Å². The summed E-state index contributed by atoms with van der Waals surface area (Å²) in [5.74, 6) is 2.01. The molecule has 0 amide bonds. The average Bonchev–Trinajstić information content (AvgIpc) is 2.80. The zero-order chi connectivity index (χ0) is 8.55. The first kappa shape index (κ1) is 7.65. The van der Waals surface area contributed by atoms with Gasteiger partial charge < -0.3 is 5.32 Å². The molecule has 3 heteroatoms. The van der Waals surface area contributed by atoms with Gasteiger partial charge in [0.2, 0.25) is 0 Å². The van der Waals surface area contributed by atoms with Crippen LogP contribution in [0.25, 0.3) is 0 Å². The summed E-state index contributed by atoms with van der Waals surface area (Å²) in [6, 6.07) is 2.61. The summed E-state index contributed by atoms with van der Waals surface area (Å²) >= 11 is 0. The molecular formula is C9H15N3. The fraction of sp³-hybridized carbons (Fsp3) is 0.667. The first-order chi connectivity index (χ1) is 5.77. The summed E-state index contributed by atoms with van der Waals surface area (Å²) in [6.45, 7) is 2.24. The lowest BCUT2D eigenvalue weighted by Gasteiger charge is -2.13. The van der Waals surface area contributed by atoms with Crippen molar-refractivity contribution >= 4 is 5.82 Å². The van der Waals surface area contributed by atoms with Crippen LogP contribution in [0.15, 0.2) is 12.3 Å². The zero-order valence-electron chi connectivity index (χ0n) is 7.62. The third kappa shape index (κ3) is 1.44. The largest absolute Gasteiger partial charge is 0.368 e. The maximum atomic E-state index is 4.10. The van der Waals surface area contributed by atoms with Gasteiger partial charge in [-0.25, -0.2) is 0 Å². The van der Waals surface area contributed by atoms with Crippen molar-refractivity contribution in [1.82, 2.24) is 9.78 Å². The number of aryl methyl sites for hydroxylation is 1. The number of rotatable bonds is 3. The molecule has 0 radical (unpaired) electrons. The van der Waals surface area contributed by atoms with E-state index >= 15 is 0 Å². The fourth-order valence-corrected chi connectivity index (χ4v) is 1.46. The standard InChI is InChI=1S/C9H15N3/c1-7(8-3-4-8)11-9-5-6-10-12(9)2/h5-8,11H,3-4H2,1-2H3. The van der Waals surface area contributed by atoms with E-state index in [0.717, 1.165) is 11.7 Å². The monoisotopic (exact) mass is 165 g/mol. The summed E-state index contributed by atoms with van der Waals surface area (Å²) in [4.78, 5) is 0. The highest BCUT2D eigenvalue weighted by Crippen LogP contribution is 2.33. The molecule has 1 fully saturated rings. The summed E-state index contributed by atoms with van der Waals surface area (Å²) < 4.78 is 1.87. The molecule has 12 heavy (non-hydrogen) atoms. The van der Waals surface area contributed by atoms with E-state index < -0.39 is 0 Å². The molecule has 0 saturated heterocycles. The van der Waals surface area contributed by atoms with E-state index in [2.05, 4.69) is 17.3 Å². The Kier molecular flexibility index (Phi) is 1.79. The molecule has 1 N–H and O–H groups in total. The highest BCUT2D eigenvalue weighted by atomic mass is 15.3. The molecule has 1 aliphatic carbocycles. The van der Waals surface area contributed by atoms with Crippen molar-refractivity contribution < 1.29 is 0 Å². The lowest BCUT2D eigenvalue weighted by atomic mass is 10.2. The van der Waals surface area contributed by atoms with Crippen molar-refractivity contribution in [3.63, 3.8) is 0 Å². The minimum absolute atomic E-state index is 0.598. The van der Waals surface area contributed by atoms with Crippen LogP contribution in [0.1, 0.15) is 19.8 Å². The van der Waals surface area contributed by atoms with Gasteiger partial charge in [0.05, 0.1) is 6.20 Å². The number of anilines is 1. The molecule has 1 heterocycles. The summed E-state index contributed by atoms with van der Waals surface area (Å²) in [5.41, 5.74) is 0. The first-order valence-electron chi connectivity index (χ1n) is 4.52. The number of aromatic nitrogens is 2. The SMILES string of the molecule is CC(Nc1ccnn1C)C1CC1. The Bertz CT molecular complexity index is 262. The van der Waals surface area contributed by atoms with Gasteiger partial charge in [0.25, 0.3) is 0 Å². The minimum Gasteiger partial charge on any atom is -0.368 e. The molecule has 1 unspecified atom stereocenters. The second-order valence-electron chi connectivity index (χ2n) is 3.61. The first-order valence-corrected chi connectivity index (χ1v) is 4.52. The Balaban J connectivity index is 1.97. The second kappa shape index (κ2) is 2.81. The van der Waals surface area contributed by atoms with Crippen LogP contribution in [0.2, 0.25) is 0 Å². The normalized spacial score (nSPS) is 19.2. The highest BCUT2D eigenvalue weighted by molar-refractivity contribution is 5.35. The molecular weight excluding hydrogens is 150 g/mol. The van der Waals surface area contributed by atoms with Crippen LogP contribution in [0.3, 0.4) is 0 Å². The number of nitrogens with zero attached hydrogens (tertiary/aromatic N) is 2. The van der Waals surface area contributed by atoms with Crippen LogP contribution < -0.4 is 5.32 Å². The Morgan fingerprint density at radius 3 is 2.92 bits per heavy atom. The molecule has 1 aromatic rings. The van der Waals surface area contributed by atoms with E-state index in [4.69, 9.17) is 0 Å². The van der Waals surface area contributed by atoms with Crippen LogP contribution in [0, 0.1) is 5.92 Å². The van der Waals surface area contributed by atoms with E-state index in [-0.39, 0.29) is 0 Å². The molecule has 1 atom stereocenters. The van der Waals surface area contributed by atoms with Gasteiger partial charge in [0.1, 0.15) is 5.82 Å². The summed E-state index contributed by atoms with van der Waals surface area (Å²) in [7, 11) is 1.96. The Morgan fingerprint density at radius 2 is 2.42 bits per heavy atom. The van der Waals surface area contributed by atoms with E-state index in [1.165, 1.54) is 12.8 Å². The van der Waals surface area contributed by atoms with Gasteiger partial charge in [-0.1, -0.05) is 0 Å². The van der Waals surface area contributed by atoms with Crippen molar-refractivity contribution in [2.24, 2.45) is 13.0 Å². The molecule has 1 saturated carbocycles. The van der Waals surface area contributed by atoms with Gasteiger partial charge in [0.15, 0.2) is 0 Å². The zero-order valence-corrected chi connectivity index (χ0v) is 7.62. The molecule has 3 nitrogen and oxygen atoms in total. The van der Waals surface area contributed by atoms with Crippen LogP contribution in [0.4, 0.5) is 5.82 Å². The maximum Gasteiger partial charge on any atom is 0.124 e. The molecule has 1 aliphatic rings. The van der Waals surface area contributed by atoms with E-state index in [1.807, 2.05) is 24.0 Å². The van der Waals surface area contributed by atoms with Crippen LogP contribution in [-0.4, -0.2) is 15.8 Å².